The second-order valence-electron chi connectivity index (χ2n) is 3.75. The van der Waals surface area contributed by atoms with Crippen LogP contribution in [0.25, 0.3) is 0 Å². The molecule has 1 saturated heterocycles. The van der Waals surface area contributed by atoms with Gasteiger partial charge in [0.15, 0.2) is 22.1 Å². The Bertz CT molecular complexity index is 483. The maximum absolute atomic E-state index is 11.4. The van der Waals surface area contributed by atoms with Crippen LogP contribution in [-0.4, -0.2) is 25.2 Å². The van der Waals surface area contributed by atoms with Crippen molar-refractivity contribution < 1.29 is 13.0 Å². The molecule has 1 aromatic heterocycles. The molecule has 0 N–H and O–H groups in total. The molecule has 3 heterocycles. The van der Waals surface area contributed by atoms with E-state index in [2.05, 4.69) is 10.6 Å². The Balaban J connectivity index is 2.08. The van der Waals surface area contributed by atoms with E-state index in [1.54, 1.807) is 11.8 Å². The van der Waals surface area contributed by atoms with Gasteiger partial charge >= 0.3 is 0 Å². The minimum Gasteiger partial charge on any atom is -0.229 e. The van der Waals surface area contributed by atoms with Crippen LogP contribution in [0.2, 0.25) is 0 Å². The molecule has 0 bridgehead atoms. The topological polar surface area (TPSA) is 38.0 Å². The van der Waals surface area contributed by atoms with Crippen molar-refractivity contribution in [2.45, 2.75) is 16.3 Å². The zero-order valence-corrected chi connectivity index (χ0v) is 9.09. The standard InChI is InChI=1S/C9H10NO2S2/c11-14(12)5-7-8(6-14)13-9-3-1-2-4-10(7)9/h1-4,7-8H,5-6H2/q+1/t7-,8-/m1/s1. The summed E-state index contributed by atoms with van der Waals surface area (Å²) < 4.78 is 25.0. The summed E-state index contributed by atoms with van der Waals surface area (Å²) in [5.74, 6) is 0.649. The van der Waals surface area contributed by atoms with Crippen LogP contribution >= 0.6 is 11.8 Å². The van der Waals surface area contributed by atoms with E-state index >= 15 is 0 Å². The number of hydrogen-bond donors (Lipinski definition) is 0. The Labute approximate surface area is 87.1 Å². The molecule has 0 spiro atoms. The molecule has 0 radical (unpaired) electrons. The number of fused-ring (bicyclic) bond motifs is 3. The fourth-order valence-corrected chi connectivity index (χ4v) is 6.10. The van der Waals surface area contributed by atoms with Crippen molar-refractivity contribution in [1.29, 1.82) is 0 Å². The monoisotopic (exact) mass is 228 g/mol. The first-order valence-corrected chi connectivity index (χ1v) is 7.23. The van der Waals surface area contributed by atoms with Crippen molar-refractivity contribution in [1.82, 2.24) is 0 Å². The Kier molecular flexibility index (Phi) is 1.70. The molecule has 0 unspecified atom stereocenters. The van der Waals surface area contributed by atoms with Crippen molar-refractivity contribution in [2.75, 3.05) is 11.5 Å². The minimum absolute atomic E-state index is 0.168. The molecular formula is C9H10NO2S2+. The molecule has 1 aromatic rings. The first-order chi connectivity index (χ1) is 6.66. The Morgan fingerprint density at radius 1 is 1.36 bits per heavy atom. The minimum atomic E-state index is -2.79. The van der Waals surface area contributed by atoms with Crippen LogP contribution in [0.1, 0.15) is 6.04 Å². The van der Waals surface area contributed by atoms with E-state index in [9.17, 15) is 8.42 Å². The Morgan fingerprint density at radius 2 is 2.21 bits per heavy atom. The van der Waals surface area contributed by atoms with E-state index in [0.717, 1.165) is 0 Å². The normalized spacial score (nSPS) is 32.6. The molecule has 0 aromatic carbocycles. The molecule has 3 rings (SSSR count). The average molecular weight is 228 g/mol. The highest BCUT2D eigenvalue weighted by Gasteiger charge is 2.50. The van der Waals surface area contributed by atoms with Gasteiger partial charge in [-0.1, -0.05) is 0 Å². The highest BCUT2D eigenvalue weighted by molar-refractivity contribution is 8.01. The predicted octanol–water partition coefficient (Wildman–Crippen LogP) is 0.418. The van der Waals surface area contributed by atoms with Crippen molar-refractivity contribution in [3.63, 3.8) is 0 Å². The zero-order valence-electron chi connectivity index (χ0n) is 7.46. The van der Waals surface area contributed by atoms with Gasteiger partial charge in [-0.3, -0.25) is 0 Å². The molecule has 2 aliphatic rings. The van der Waals surface area contributed by atoms with Gasteiger partial charge in [-0.15, -0.1) is 0 Å². The van der Waals surface area contributed by atoms with Gasteiger partial charge in [-0.05, 0) is 17.8 Å². The zero-order chi connectivity index (χ0) is 9.76. The number of aromatic nitrogens is 1. The van der Waals surface area contributed by atoms with E-state index in [1.165, 1.54) is 5.03 Å². The number of nitrogens with zero attached hydrogens (tertiary/aromatic N) is 1. The third-order valence-corrected chi connectivity index (χ3v) is 6.05. The largest absolute Gasteiger partial charge is 0.240 e. The van der Waals surface area contributed by atoms with E-state index in [1.807, 2.05) is 18.3 Å². The lowest BCUT2D eigenvalue weighted by atomic mass is 10.2. The van der Waals surface area contributed by atoms with Crippen molar-refractivity contribution in [3.05, 3.63) is 24.4 Å². The van der Waals surface area contributed by atoms with E-state index in [4.69, 9.17) is 0 Å². The Hall–Kier alpha value is -0.550. The highest BCUT2D eigenvalue weighted by Crippen LogP contribution is 2.39. The summed E-state index contributed by atoms with van der Waals surface area (Å²) in [6.45, 7) is 0. The second kappa shape index (κ2) is 2.73. The molecule has 74 valence electrons. The van der Waals surface area contributed by atoms with Gasteiger partial charge in [0.1, 0.15) is 5.75 Å². The van der Waals surface area contributed by atoms with Crippen LogP contribution in [0.4, 0.5) is 0 Å². The lowest BCUT2D eigenvalue weighted by molar-refractivity contribution is -0.745. The van der Waals surface area contributed by atoms with Crippen LogP contribution in [-0.2, 0) is 9.84 Å². The summed E-state index contributed by atoms with van der Waals surface area (Å²) in [6, 6.07) is 6.17. The van der Waals surface area contributed by atoms with Crippen molar-refractivity contribution in [3.8, 4) is 0 Å². The van der Waals surface area contributed by atoms with E-state index < -0.39 is 9.84 Å². The van der Waals surface area contributed by atoms with Gasteiger partial charge in [0, 0.05) is 12.1 Å². The van der Waals surface area contributed by atoms with Gasteiger partial charge in [0.2, 0.25) is 5.03 Å². The number of pyridine rings is 1. The SMILES string of the molecule is O=S1(=O)C[C@@H]2[C@@H](C1)Sc1cccc[n+]12. The molecule has 0 amide bonds. The second-order valence-corrected chi connectivity index (χ2v) is 7.16. The lowest BCUT2D eigenvalue weighted by Crippen LogP contribution is -2.40. The average Bonchev–Trinajstić information content (AvgIpc) is 2.56. The van der Waals surface area contributed by atoms with Crippen LogP contribution in [0.3, 0.4) is 0 Å². The molecule has 5 heteroatoms. The van der Waals surface area contributed by atoms with Crippen LogP contribution < -0.4 is 4.57 Å². The molecule has 1 fully saturated rings. The van der Waals surface area contributed by atoms with E-state index in [0.29, 0.717) is 11.5 Å². The maximum atomic E-state index is 11.4. The first kappa shape index (κ1) is 8.73. The lowest BCUT2D eigenvalue weighted by Gasteiger charge is -1.98. The molecule has 3 nitrogen and oxygen atoms in total. The molecule has 2 atom stereocenters. The number of sulfone groups is 1. The summed E-state index contributed by atoms with van der Waals surface area (Å²) in [4.78, 5) is 0. The van der Waals surface area contributed by atoms with Crippen LogP contribution in [0, 0.1) is 0 Å². The summed E-state index contributed by atoms with van der Waals surface area (Å²) in [5.41, 5.74) is 0. The summed E-state index contributed by atoms with van der Waals surface area (Å²) >= 11 is 1.69. The summed E-state index contributed by atoms with van der Waals surface area (Å²) in [5, 5.41) is 1.43. The number of rotatable bonds is 0. The fraction of sp³-hybridized carbons (Fsp3) is 0.444. The third-order valence-electron chi connectivity index (χ3n) is 2.75. The van der Waals surface area contributed by atoms with Gasteiger partial charge < -0.3 is 0 Å². The maximum Gasteiger partial charge on any atom is 0.240 e. The number of thioether (sulfide) groups is 1. The molecular weight excluding hydrogens is 218 g/mol. The van der Waals surface area contributed by atoms with Gasteiger partial charge in [-0.25, -0.2) is 8.42 Å². The molecule has 0 saturated carbocycles. The van der Waals surface area contributed by atoms with Gasteiger partial charge in [0.25, 0.3) is 0 Å². The van der Waals surface area contributed by atoms with Crippen molar-refractivity contribution >= 4 is 21.6 Å². The summed E-state index contributed by atoms with van der Waals surface area (Å²) in [6.07, 6.45) is 1.98. The fourth-order valence-electron chi connectivity index (χ4n) is 2.14. The molecule has 0 aliphatic carbocycles. The van der Waals surface area contributed by atoms with Crippen LogP contribution in [0.5, 0.6) is 0 Å². The summed E-state index contributed by atoms with van der Waals surface area (Å²) in [7, 11) is -2.79. The molecule has 2 aliphatic heterocycles. The Morgan fingerprint density at radius 3 is 3.07 bits per heavy atom. The van der Waals surface area contributed by atoms with Crippen molar-refractivity contribution in [2.24, 2.45) is 0 Å². The quantitative estimate of drug-likeness (QED) is 0.604. The number of hydrogen-bond acceptors (Lipinski definition) is 3. The van der Waals surface area contributed by atoms with Gasteiger partial charge in [0.05, 0.1) is 11.0 Å². The smallest absolute Gasteiger partial charge is 0.229 e. The first-order valence-electron chi connectivity index (χ1n) is 4.53. The van der Waals surface area contributed by atoms with Gasteiger partial charge in [-0.2, -0.15) is 4.57 Å². The molecule has 14 heavy (non-hydrogen) atoms. The van der Waals surface area contributed by atoms with E-state index in [-0.39, 0.29) is 11.3 Å². The third kappa shape index (κ3) is 1.19. The van der Waals surface area contributed by atoms with Crippen LogP contribution in [0.15, 0.2) is 29.4 Å². The predicted molar refractivity (Wildman–Crippen MR) is 54.0 cm³/mol. The highest BCUT2D eigenvalue weighted by atomic mass is 32.2.